The van der Waals surface area contributed by atoms with E-state index in [0.717, 1.165) is 25.0 Å². The fraction of sp³-hybridized carbons (Fsp3) is 0.357. The van der Waals surface area contributed by atoms with Crippen molar-refractivity contribution in [2.75, 3.05) is 5.32 Å². The van der Waals surface area contributed by atoms with Crippen LogP contribution in [0, 0.1) is 29.4 Å². The van der Waals surface area contributed by atoms with Crippen LogP contribution in [-0.4, -0.2) is 5.91 Å². The zero-order chi connectivity index (χ0) is 12.7. The van der Waals surface area contributed by atoms with Gasteiger partial charge in [0.05, 0.1) is 0 Å². The van der Waals surface area contributed by atoms with Gasteiger partial charge in [0, 0.05) is 17.7 Å². The van der Waals surface area contributed by atoms with Crippen molar-refractivity contribution in [1.82, 2.24) is 0 Å². The first-order chi connectivity index (χ1) is 8.63. The summed E-state index contributed by atoms with van der Waals surface area (Å²) in [6.07, 6.45) is 6.14. The number of anilines is 1. The highest BCUT2D eigenvalue weighted by Gasteiger charge is 2.39. The van der Waals surface area contributed by atoms with E-state index in [0.29, 0.717) is 17.5 Å². The number of fused-ring (bicyclic) bond motifs is 2. The molecule has 1 amide bonds. The predicted molar refractivity (Wildman–Crippen MR) is 63.8 cm³/mol. The molecule has 2 bridgehead atoms. The van der Waals surface area contributed by atoms with Crippen molar-refractivity contribution in [1.29, 1.82) is 0 Å². The third-order valence-corrected chi connectivity index (χ3v) is 3.80. The van der Waals surface area contributed by atoms with E-state index in [1.807, 2.05) is 0 Å². The minimum absolute atomic E-state index is 0.0342. The maximum absolute atomic E-state index is 13.0. The summed E-state index contributed by atoms with van der Waals surface area (Å²) in [5, 5.41) is 2.66. The van der Waals surface area contributed by atoms with Crippen LogP contribution in [0.4, 0.5) is 14.5 Å². The normalized spacial score (nSPS) is 28.7. The van der Waals surface area contributed by atoms with Crippen molar-refractivity contribution in [2.45, 2.75) is 12.8 Å². The number of carbonyl (C=O) groups is 1. The van der Waals surface area contributed by atoms with Crippen LogP contribution in [0.25, 0.3) is 0 Å². The second-order valence-corrected chi connectivity index (χ2v) is 5.00. The van der Waals surface area contributed by atoms with Gasteiger partial charge in [-0.05, 0) is 36.8 Å². The molecule has 3 rings (SSSR count). The highest BCUT2D eigenvalue weighted by Crippen LogP contribution is 2.43. The molecule has 4 heteroatoms. The summed E-state index contributed by atoms with van der Waals surface area (Å²) in [6.45, 7) is 0. The Balaban J connectivity index is 1.71. The molecule has 2 nitrogen and oxygen atoms in total. The molecule has 1 aromatic carbocycles. The predicted octanol–water partition coefficient (Wildman–Crippen LogP) is 3.12. The zero-order valence-electron chi connectivity index (χ0n) is 9.70. The van der Waals surface area contributed by atoms with Crippen molar-refractivity contribution in [2.24, 2.45) is 17.8 Å². The van der Waals surface area contributed by atoms with Gasteiger partial charge in [0.1, 0.15) is 0 Å². The van der Waals surface area contributed by atoms with Gasteiger partial charge in [-0.1, -0.05) is 12.2 Å². The molecule has 94 valence electrons. The number of amides is 1. The second-order valence-electron chi connectivity index (χ2n) is 5.00. The van der Waals surface area contributed by atoms with Crippen molar-refractivity contribution in [3.05, 3.63) is 42.0 Å². The minimum Gasteiger partial charge on any atom is -0.326 e. The summed E-state index contributed by atoms with van der Waals surface area (Å²) in [5.74, 6) is -1.17. The molecule has 0 aliphatic heterocycles. The zero-order valence-corrected chi connectivity index (χ0v) is 9.70. The van der Waals surface area contributed by atoms with E-state index in [4.69, 9.17) is 0 Å². The van der Waals surface area contributed by atoms with Gasteiger partial charge in [-0.25, -0.2) is 8.78 Å². The quantitative estimate of drug-likeness (QED) is 0.802. The highest BCUT2D eigenvalue weighted by molar-refractivity contribution is 5.93. The van der Waals surface area contributed by atoms with E-state index in [-0.39, 0.29) is 11.8 Å². The molecule has 0 aromatic heterocycles. The van der Waals surface area contributed by atoms with Gasteiger partial charge in [-0.3, -0.25) is 4.79 Å². The first-order valence-electron chi connectivity index (χ1n) is 6.08. The summed E-state index contributed by atoms with van der Waals surface area (Å²) < 4.78 is 25.8. The molecule has 0 radical (unpaired) electrons. The number of rotatable bonds is 2. The first kappa shape index (κ1) is 11.4. The van der Waals surface area contributed by atoms with E-state index in [1.54, 1.807) is 0 Å². The van der Waals surface area contributed by atoms with Crippen LogP contribution in [0.1, 0.15) is 12.8 Å². The van der Waals surface area contributed by atoms with Crippen LogP contribution in [0.5, 0.6) is 0 Å². The third-order valence-electron chi connectivity index (χ3n) is 3.80. The lowest BCUT2D eigenvalue weighted by Crippen LogP contribution is -2.25. The number of halogens is 2. The Kier molecular flexibility index (Phi) is 2.65. The molecule has 0 saturated heterocycles. The summed E-state index contributed by atoms with van der Waals surface area (Å²) in [5.41, 5.74) is 0.311. The van der Waals surface area contributed by atoms with Crippen LogP contribution in [0.15, 0.2) is 30.4 Å². The third kappa shape index (κ3) is 1.92. The number of hydrogen-bond donors (Lipinski definition) is 1. The average molecular weight is 249 g/mol. The van der Waals surface area contributed by atoms with Crippen LogP contribution >= 0.6 is 0 Å². The molecule has 18 heavy (non-hydrogen) atoms. The highest BCUT2D eigenvalue weighted by atomic mass is 19.2. The molecular weight excluding hydrogens is 236 g/mol. The maximum atomic E-state index is 13.0. The van der Waals surface area contributed by atoms with Crippen LogP contribution in [0.3, 0.4) is 0 Å². The number of nitrogens with one attached hydrogen (secondary N) is 1. The number of carbonyl (C=O) groups excluding carboxylic acids is 1. The summed E-state index contributed by atoms with van der Waals surface area (Å²) in [6, 6.07) is 3.40. The van der Waals surface area contributed by atoms with Gasteiger partial charge >= 0.3 is 0 Å². The lowest BCUT2D eigenvalue weighted by Gasteiger charge is -2.17. The largest absolute Gasteiger partial charge is 0.326 e. The molecule has 0 unspecified atom stereocenters. The standard InChI is InChI=1S/C14H13F2NO/c15-12-4-3-10(7-13(12)16)17-14(18)11-6-8-1-2-9(11)5-8/h1-4,7-9,11H,5-6H2,(H,17,18)/t8-,9+,11-/m1/s1. The fourth-order valence-electron chi connectivity index (χ4n) is 2.89. The molecule has 1 N–H and O–H groups in total. The van der Waals surface area contributed by atoms with Crippen molar-refractivity contribution >= 4 is 11.6 Å². The monoisotopic (exact) mass is 249 g/mol. The molecule has 0 spiro atoms. The molecule has 2 aliphatic rings. The van der Waals surface area contributed by atoms with Crippen molar-refractivity contribution in [3.63, 3.8) is 0 Å². The average Bonchev–Trinajstić information content (AvgIpc) is 2.96. The molecule has 1 saturated carbocycles. The molecule has 1 aromatic rings. The SMILES string of the molecule is O=C(Nc1ccc(F)c(F)c1)[C@@H]1C[C@@H]2C=C[C@H]1C2. The molecular formula is C14H13F2NO. The smallest absolute Gasteiger partial charge is 0.228 e. The van der Waals surface area contributed by atoms with Crippen LogP contribution in [0.2, 0.25) is 0 Å². The minimum atomic E-state index is -0.944. The van der Waals surface area contributed by atoms with Gasteiger partial charge in [-0.2, -0.15) is 0 Å². The lowest BCUT2D eigenvalue weighted by atomic mass is 9.93. The molecule has 0 heterocycles. The van der Waals surface area contributed by atoms with Gasteiger partial charge in [-0.15, -0.1) is 0 Å². The second kappa shape index (κ2) is 4.19. The van der Waals surface area contributed by atoms with Gasteiger partial charge < -0.3 is 5.32 Å². The number of benzene rings is 1. The fourth-order valence-corrected chi connectivity index (χ4v) is 2.89. The Labute approximate surface area is 104 Å². The van der Waals surface area contributed by atoms with Gasteiger partial charge in [0.15, 0.2) is 11.6 Å². The van der Waals surface area contributed by atoms with Crippen molar-refractivity contribution < 1.29 is 13.6 Å². The summed E-state index contributed by atoms with van der Waals surface area (Å²) in [7, 11) is 0. The summed E-state index contributed by atoms with van der Waals surface area (Å²) >= 11 is 0. The number of hydrogen-bond acceptors (Lipinski definition) is 1. The molecule has 3 atom stereocenters. The molecule has 1 fully saturated rings. The van der Waals surface area contributed by atoms with E-state index < -0.39 is 11.6 Å². The van der Waals surface area contributed by atoms with Crippen LogP contribution in [-0.2, 0) is 4.79 Å². The number of allylic oxidation sites excluding steroid dienone is 2. The Morgan fingerprint density at radius 2 is 2.00 bits per heavy atom. The van der Waals surface area contributed by atoms with Crippen molar-refractivity contribution in [3.8, 4) is 0 Å². The van der Waals surface area contributed by atoms with E-state index in [2.05, 4.69) is 17.5 Å². The first-order valence-corrected chi connectivity index (χ1v) is 6.08. The summed E-state index contributed by atoms with van der Waals surface area (Å²) in [4.78, 5) is 12.0. The Hall–Kier alpha value is -1.71. The Morgan fingerprint density at radius 3 is 2.61 bits per heavy atom. The van der Waals surface area contributed by atoms with Crippen LogP contribution < -0.4 is 5.32 Å². The topological polar surface area (TPSA) is 29.1 Å². The Morgan fingerprint density at radius 1 is 1.17 bits per heavy atom. The van der Waals surface area contributed by atoms with Gasteiger partial charge in [0.2, 0.25) is 5.91 Å². The van der Waals surface area contributed by atoms with E-state index in [1.165, 1.54) is 6.07 Å². The van der Waals surface area contributed by atoms with E-state index >= 15 is 0 Å². The molecule has 2 aliphatic carbocycles. The Bertz CT molecular complexity index is 527. The van der Waals surface area contributed by atoms with Gasteiger partial charge in [0.25, 0.3) is 0 Å². The maximum Gasteiger partial charge on any atom is 0.228 e. The van der Waals surface area contributed by atoms with E-state index in [9.17, 15) is 13.6 Å². The lowest BCUT2D eigenvalue weighted by molar-refractivity contribution is -0.120.